The minimum absolute atomic E-state index is 0.0223. The zero-order chi connectivity index (χ0) is 26.2. The summed E-state index contributed by atoms with van der Waals surface area (Å²) in [7, 11) is 0. The zero-order valence-corrected chi connectivity index (χ0v) is 20.5. The van der Waals surface area contributed by atoms with Crippen LogP contribution in [0.25, 0.3) is 10.2 Å². The Labute approximate surface area is 217 Å². The number of carbonyl (C=O) groups excluding carboxylic acids is 1. The highest BCUT2D eigenvalue weighted by molar-refractivity contribution is 7.80. The number of halogens is 4. The van der Waals surface area contributed by atoms with Crippen LogP contribution >= 0.6 is 23.6 Å². The fourth-order valence-electron chi connectivity index (χ4n) is 3.43. The number of amides is 1. The first-order valence-corrected chi connectivity index (χ1v) is 12.3. The lowest BCUT2D eigenvalue weighted by molar-refractivity contribution is -0.137. The summed E-state index contributed by atoms with van der Waals surface area (Å²) in [5.41, 5.74) is -0.0512. The van der Waals surface area contributed by atoms with Crippen LogP contribution in [0.1, 0.15) is 18.4 Å². The summed E-state index contributed by atoms with van der Waals surface area (Å²) in [5.74, 6) is 0.187. The molecule has 1 heterocycles. The van der Waals surface area contributed by atoms with E-state index in [2.05, 4.69) is 20.9 Å². The van der Waals surface area contributed by atoms with Gasteiger partial charge in [-0.25, -0.2) is 9.37 Å². The minimum atomic E-state index is -4.50. The van der Waals surface area contributed by atoms with E-state index in [1.165, 1.54) is 41.7 Å². The summed E-state index contributed by atoms with van der Waals surface area (Å²) in [6.07, 6.45) is -2.71. The number of nitrogens with zero attached hydrogens (tertiary/aromatic N) is 1. The normalized spacial score (nSPS) is 13.3. The van der Waals surface area contributed by atoms with Crippen LogP contribution in [0.15, 0.2) is 60.7 Å². The second-order valence-corrected chi connectivity index (χ2v) is 9.75. The van der Waals surface area contributed by atoms with Crippen LogP contribution in [0.5, 0.6) is 11.5 Å². The first kappa shape index (κ1) is 24.9. The predicted molar refractivity (Wildman–Crippen MR) is 139 cm³/mol. The summed E-state index contributed by atoms with van der Waals surface area (Å²) < 4.78 is 59.9. The van der Waals surface area contributed by atoms with Gasteiger partial charge in [0.2, 0.25) is 5.91 Å². The van der Waals surface area contributed by atoms with E-state index in [0.717, 1.165) is 29.7 Å². The van der Waals surface area contributed by atoms with Crippen LogP contribution in [0, 0.1) is 11.7 Å². The second kappa shape index (κ2) is 9.94. The maximum absolute atomic E-state index is 14.4. The largest absolute Gasteiger partial charge is 0.457 e. The number of hydrogen-bond acceptors (Lipinski definition) is 5. The standard InChI is InChI=1S/C25H18F4N4O2S2/c26-18-8-6-16(11-20(18)31-23(36)30-15-3-1-2-14(10-15)25(27,28)29)35-17-7-9-19-21(12-17)37-24(32-19)33-22(34)13-4-5-13/h1-3,6-13H,4-5H2,(H2,30,31,36)(H,32,33,34). The van der Waals surface area contributed by atoms with Crippen LogP contribution < -0.4 is 20.7 Å². The van der Waals surface area contributed by atoms with E-state index in [1.807, 2.05) is 0 Å². The van der Waals surface area contributed by atoms with Crippen LogP contribution in [0.4, 0.5) is 34.1 Å². The van der Waals surface area contributed by atoms with Crippen molar-refractivity contribution < 1.29 is 27.1 Å². The number of alkyl halides is 3. The van der Waals surface area contributed by atoms with E-state index in [-0.39, 0.29) is 28.3 Å². The number of carbonyl (C=O) groups is 1. The molecule has 5 rings (SSSR count). The molecule has 0 unspecified atom stereocenters. The Hall–Kier alpha value is -3.77. The number of nitrogens with one attached hydrogen (secondary N) is 3. The summed E-state index contributed by atoms with van der Waals surface area (Å²) in [5, 5.41) is 8.51. The lowest BCUT2D eigenvalue weighted by Crippen LogP contribution is -2.20. The molecule has 0 saturated heterocycles. The van der Waals surface area contributed by atoms with E-state index >= 15 is 0 Å². The van der Waals surface area contributed by atoms with Crippen molar-refractivity contribution in [3.05, 3.63) is 72.0 Å². The van der Waals surface area contributed by atoms with Crippen molar-refractivity contribution in [1.29, 1.82) is 0 Å². The number of benzene rings is 3. The Bertz CT molecular complexity index is 1500. The highest BCUT2D eigenvalue weighted by Crippen LogP contribution is 2.35. The van der Waals surface area contributed by atoms with Gasteiger partial charge in [-0.1, -0.05) is 17.4 Å². The molecule has 37 heavy (non-hydrogen) atoms. The predicted octanol–water partition coefficient (Wildman–Crippen LogP) is 7.40. The second-order valence-electron chi connectivity index (χ2n) is 8.31. The summed E-state index contributed by atoms with van der Waals surface area (Å²) in [6.45, 7) is 0. The molecule has 1 aliphatic rings. The van der Waals surface area contributed by atoms with Crippen molar-refractivity contribution >= 4 is 61.3 Å². The Kier molecular flexibility index (Phi) is 6.69. The maximum atomic E-state index is 14.4. The molecule has 0 spiro atoms. The highest BCUT2D eigenvalue weighted by Gasteiger charge is 2.31. The lowest BCUT2D eigenvalue weighted by atomic mass is 10.2. The molecule has 0 bridgehead atoms. The van der Waals surface area contributed by atoms with Gasteiger partial charge in [0.25, 0.3) is 0 Å². The van der Waals surface area contributed by atoms with Gasteiger partial charge < -0.3 is 20.7 Å². The maximum Gasteiger partial charge on any atom is 0.416 e. The monoisotopic (exact) mass is 546 g/mol. The molecule has 6 nitrogen and oxygen atoms in total. The summed E-state index contributed by atoms with van der Waals surface area (Å²) in [4.78, 5) is 16.4. The van der Waals surface area contributed by atoms with Gasteiger partial charge in [0.15, 0.2) is 10.2 Å². The van der Waals surface area contributed by atoms with Gasteiger partial charge >= 0.3 is 6.18 Å². The number of ether oxygens (including phenoxy) is 1. The van der Waals surface area contributed by atoms with Crippen LogP contribution in [-0.2, 0) is 11.0 Å². The molecule has 1 saturated carbocycles. The van der Waals surface area contributed by atoms with Crippen molar-refractivity contribution in [3.63, 3.8) is 0 Å². The molecular formula is C25H18F4N4O2S2. The van der Waals surface area contributed by atoms with Gasteiger partial charge in [0, 0.05) is 23.7 Å². The number of hydrogen-bond donors (Lipinski definition) is 3. The van der Waals surface area contributed by atoms with Gasteiger partial charge in [0.1, 0.15) is 17.3 Å². The van der Waals surface area contributed by atoms with Gasteiger partial charge in [-0.05, 0) is 67.5 Å². The quantitative estimate of drug-likeness (QED) is 0.173. The number of fused-ring (bicyclic) bond motifs is 1. The fourth-order valence-corrected chi connectivity index (χ4v) is 4.56. The zero-order valence-electron chi connectivity index (χ0n) is 18.9. The van der Waals surface area contributed by atoms with Crippen LogP contribution in [-0.4, -0.2) is 16.0 Å². The molecule has 0 aliphatic heterocycles. The lowest BCUT2D eigenvalue weighted by Gasteiger charge is -2.14. The number of thiazole rings is 1. The molecular weight excluding hydrogens is 528 g/mol. The van der Waals surface area contributed by atoms with Gasteiger partial charge in [-0.2, -0.15) is 13.2 Å². The van der Waals surface area contributed by atoms with Gasteiger partial charge in [-0.3, -0.25) is 4.79 Å². The van der Waals surface area contributed by atoms with E-state index in [9.17, 15) is 22.4 Å². The fraction of sp³-hybridized carbons (Fsp3) is 0.160. The van der Waals surface area contributed by atoms with Crippen molar-refractivity contribution in [2.75, 3.05) is 16.0 Å². The molecule has 3 aromatic carbocycles. The molecule has 1 amide bonds. The molecule has 190 valence electrons. The molecule has 4 aromatic rings. The van der Waals surface area contributed by atoms with E-state index in [4.69, 9.17) is 17.0 Å². The molecule has 1 fully saturated rings. The third kappa shape index (κ3) is 6.15. The van der Waals surface area contributed by atoms with Crippen molar-refractivity contribution in [2.24, 2.45) is 5.92 Å². The molecule has 0 atom stereocenters. The SMILES string of the molecule is O=C(Nc1nc2ccc(Oc3ccc(F)c(NC(=S)Nc4cccc(C(F)(F)F)c4)c3)cc2s1)C1CC1. The third-order valence-electron chi connectivity index (χ3n) is 5.41. The summed E-state index contributed by atoms with van der Waals surface area (Å²) in [6, 6.07) is 13.7. The Balaban J connectivity index is 1.26. The van der Waals surface area contributed by atoms with Crippen LogP contribution in [0.3, 0.4) is 0 Å². The van der Waals surface area contributed by atoms with Gasteiger partial charge in [0.05, 0.1) is 21.5 Å². The molecule has 1 aromatic heterocycles. The molecule has 3 N–H and O–H groups in total. The average molecular weight is 547 g/mol. The number of anilines is 3. The average Bonchev–Trinajstić information content (AvgIpc) is 3.61. The number of thiocarbonyl (C=S) groups is 1. The Morgan fingerprint density at radius 1 is 1.00 bits per heavy atom. The summed E-state index contributed by atoms with van der Waals surface area (Å²) >= 11 is 6.47. The Morgan fingerprint density at radius 2 is 1.76 bits per heavy atom. The van der Waals surface area contributed by atoms with Gasteiger partial charge in [-0.15, -0.1) is 0 Å². The van der Waals surface area contributed by atoms with Crippen molar-refractivity contribution in [2.45, 2.75) is 19.0 Å². The van der Waals surface area contributed by atoms with Crippen LogP contribution in [0.2, 0.25) is 0 Å². The van der Waals surface area contributed by atoms with Crippen molar-refractivity contribution in [3.8, 4) is 11.5 Å². The molecule has 12 heteroatoms. The van der Waals surface area contributed by atoms with E-state index < -0.39 is 17.6 Å². The highest BCUT2D eigenvalue weighted by atomic mass is 32.1. The minimum Gasteiger partial charge on any atom is -0.457 e. The number of rotatable bonds is 6. The first-order chi connectivity index (χ1) is 17.6. The van der Waals surface area contributed by atoms with E-state index in [1.54, 1.807) is 18.2 Å². The first-order valence-electron chi connectivity index (χ1n) is 11.1. The Morgan fingerprint density at radius 3 is 2.51 bits per heavy atom. The topological polar surface area (TPSA) is 75.3 Å². The van der Waals surface area contributed by atoms with E-state index in [0.29, 0.717) is 22.1 Å². The van der Waals surface area contributed by atoms with Crippen molar-refractivity contribution in [1.82, 2.24) is 4.98 Å². The molecule has 0 radical (unpaired) electrons. The smallest absolute Gasteiger partial charge is 0.416 e. The number of aromatic nitrogens is 1. The third-order valence-corrected chi connectivity index (χ3v) is 6.55. The molecule has 1 aliphatic carbocycles.